The van der Waals surface area contributed by atoms with Gasteiger partial charge in [0, 0.05) is 49.3 Å². The molecule has 1 saturated heterocycles. The maximum atomic E-state index is 12.5. The highest BCUT2D eigenvalue weighted by Crippen LogP contribution is 2.32. The van der Waals surface area contributed by atoms with E-state index in [4.69, 9.17) is 9.97 Å². The lowest BCUT2D eigenvalue weighted by molar-refractivity contribution is -0.135. The number of fused-ring (bicyclic) bond motifs is 1. The topological polar surface area (TPSA) is 49.3 Å². The first-order valence-corrected chi connectivity index (χ1v) is 11.0. The van der Waals surface area contributed by atoms with Crippen molar-refractivity contribution < 1.29 is 4.79 Å². The minimum atomic E-state index is 0.0429. The Kier molecular flexibility index (Phi) is 5.84. The van der Waals surface area contributed by atoms with Gasteiger partial charge in [-0.3, -0.25) is 4.79 Å². The van der Waals surface area contributed by atoms with Gasteiger partial charge in [-0.2, -0.15) is 0 Å². The Balaban J connectivity index is 1.60. The fourth-order valence-corrected chi connectivity index (χ4v) is 4.60. The molecule has 5 nitrogen and oxygen atoms in total. The predicted octanol–water partition coefficient (Wildman–Crippen LogP) is 4.10. The van der Waals surface area contributed by atoms with E-state index in [1.54, 1.807) is 0 Å². The number of benzene rings is 1. The molecule has 0 radical (unpaired) electrons. The number of rotatable bonds is 4. The molecular weight excluding hydrogens is 360 g/mol. The molecule has 4 rings (SSSR count). The number of carbonyl (C=O) groups excluding carboxylic acids is 1. The lowest BCUT2D eigenvalue weighted by atomic mass is 9.95. The van der Waals surface area contributed by atoms with Gasteiger partial charge in [0.05, 0.1) is 0 Å². The number of carbonyl (C=O) groups is 1. The second kappa shape index (κ2) is 8.52. The summed E-state index contributed by atoms with van der Waals surface area (Å²) in [7, 11) is 0. The summed E-state index contributed by atoms with van der Waals surface area (Å²) >= 11 is 0. The molecule has 2 aliphatic heterocycles. The molecule has 2 aliphatic rings. The molecule has 3 heterocycles. The summed E-state index contributed by atoms with van der Waals surface area (Å²) in [5, 5.41) is 0. The van der Waals surface area contributed by atoms with Crippen LogP contribution in [0.15, 0.2) is 30.3 Å². The summed E-state index contributed by atoms with van der Waals surface area (Å²) in [5.74, 6) is 2.55. The van der Waals surface area contributed by atoms with Crippen LogP contribution in [-0.4, -0.2) is 40.4 Å². The Morgan fingerprint density at radius 1 is 1.14 bits per heavy atom. The number of aromatic nitrogens is 2. The maximum Gasteiger partial charge on any atom is 0.225 e. The van der Waals surface area contributed by atoms with Gasteiger partial charge in [-0.1, -0.05) is 44.2 Å². The van der Waals surface area contributed by atoms with E-state index < -0.39 is 0 Å². The van der Waals surface area contributed by atoms with Crippen LogP contribution in [0.25, 0.3) is 0 Å². The molecular formula is C24H32N4O. The minimum absolute atomic E-state index is 0.0429. The lowest BCUT2D eigenvalue weighted by Crippen LogP contribution is -2.41. The molecule has 5 heteroatoms. The smallest absolute Gasteiger partial charge is 0.225 e. The molecule has 29 heavy (non-hydrogen) atoms. The monoisotopic (exact) mass is 392 g/mol. The summed E-state index contributed by atoms with van der Waals surface area (Å²) in [6.07, 6.45) is 4.27. The van der Waals surface area contributed by atoms with Crippen LogP contribution in [-0.2, 0) is 17.8 Å². The molecule has 2 aromatic rings. The van der Waals surface area contributed by atoms with E-state index in [-0.39, 0.29) is 17.7 Å². The maximum absolute atomic E-state index is 12.5. The Bertz CT molecular complexity index is 865. The van der Waals surface area contributed by atoms with Gasteiger partial charge in [0.25, 0.3) is 0 Å². The summed E-state index contributed by atoms with van der Waals surface area (Å²) in [6.45, 7) is 9.59. The normalized spacial score (nSPS) is 19.4. The number of amides is 1. The van der Waals surface area contributed by atoms with E-state index in [0.29, 0.717) is 0 Å². The van der Waals surface area contributed by atoms with E-state index >= 15 is 0 Å². The fourth-order valence-electron chi connectivity index (χ4n) is 4.60. The van der Waals surface area contributed by atoms with Crippen molar-refractivity contribution in [2.24, 2.45) is 5.92 Å². The van der Waals surface area contributed by atoms with Crippen molar-refractivity contribution in [2.75, 3.05) is 24.5 Å². The van der Waals surface area contributed by atoms with Crippen molar-refractivity contribution in [3.8, 4) is 0 Å². The molecule has 0 spiro atoms. The van der Waals surface area contributed by atoms with Crippen LogP contribution in [0.4, 0.5) is 5.82 Å². The van der Waals surface area contributed by atoms with Gasteiger partial charge in [-0.25, -0.2) is 9.97 Å². The molecule has 1 fully saturated rings. The number of nitrogens with zero attached hydrogens (tertiary/aromatic N) is 4. The van der Waals surface area contributed by atoms with Crippen molar-refractivity contribution in [1.82, 2.24) is 14.9 Å². The third-order valence-electron chi connectivity index (χ3n) is 6.17. The first-order valence-electron chi connectivity index (χ1n) is 11.0. The average Bonchev–Trinajstić information content (AvgIpc) is 2.74. The Morgan fingerprint density at radius 3 is 2.69 bits per heavy atom. The van der Waals surface area contributed by atoms with Gasteiger partial charge in [0.1, 0.15) is 11.6 Å². The summed E-state index contributed by atoms with van der Waals surface area (Å²) < 4.78 is 0. The van der Waals surface area contributed by atoms with Crippen molar-refractivity contribution in [3.05, 3.63) is 53.0 Å². The van der Waals surface area contributed by atoms with Crippen molar-refractivity contribution in [3.63, 3.8) is 0 Å². The van der Waals surface area contributed by atoms with Crippen LogP contribution < -0.4 is 4.90 Å². The third kappa shape index (κ3) is 4.29. The molecule has 1 aromatic heterocycles. The molecule has 1 unspecified atom stereocenters. The second-order valence-corrected chi connectivity index (χ2v) is 8.76. The van der Waals surface area contributed by atoms with E-state index in [9.17, 15) is 4.79 Å². The molecule has 1 aromatic carbocycles. The molecule has 0 bridgehead atoms. The minimum Gasteiger partial charge on any atom is -0.352 e. The van der Waals surface area contributed by atoms with E-state index in [1.807, 2.05) is 18.7 Å². The number of hydrogen-bond acceptors (Lipinski definition) is 4. The standard InChI is InChI=1S/C24H32N4O/c1-17(2)24(29)28-14-7-11-20(16-28)22-25-18(3)21-12-8-13-27(23(21)26-22)15-19-9-5-4-6-10-19/h4-6,9-10,17,20H,7-8,11-16H2,1-3H3. The number of anilines is 1. The molecule has 154 valence electrons. The predicted molar refractivity (Wildman–Crippen MR) is 116 cm³/mol. The molecule has 1 amide bonds. The first-order chi connectivity index (χ1) is 14.0. The van der Waals surface area contributed by atoms with Crippen LogP contribution in [0.2, 0.25) is 0 Å². The third-order valence-corrected chi connectivity index (χ3v) is 6.17. The van der Waals surface area contributed by atoms with Crippen LogP contribution in [0.1, 0.15) is 61.7 Å². The Hall–Kier alpha value is -2.43. The van der Waals surface area contributed by atoms with Crippen LogP contribution in [0.5, 0.6) is 0 Å². The van der Waals surface area contributed by atoms with Gasteiger partial charge in [0.2, 0.25) is 5.91 Å². The van der Waals surface area contributed by atoms with Crippen molar-refractivity contribution in [2.45, 2.75) is 58.9 Å². The number of aryl methyl sites for hydroxylation is 1. The van der Waals surface area contributed by atoms with Crippen LogP contribution >= 0.6 is 0 Å². The SMILES string of the molecule is Cc1nc(C2CCCN(C(=O)C(C)C)C2)nc2c1CCCN2Cc1ccccc1. The highest BCUT2D eigenvalue weighted by molar-refractivity contribution is 5.78. The Labute approximate surface area is 174 Å². The molecule has 1 atom stereocenters. The molecule has 0 N–H and O–H groups in total. The average molecular weight is 393 g/mol. The number of likely N-dealkylation sites (tertiary alicyclic amines) is 1. The zero-order valence-corrected chi connectivity index (χ0v) is 17.9. The Morgan fingerprint density at radius 2 is 1.93 bits per heavy atom. The number of piperidine rings is 1. The number of hydrogen-bond donors (Lipinski definition) is 0. The summed E-state index contributed by atoms with van der Waals surface area (Å²) in [6, 6.07) is 10.6. The zero-order valence-electron chi connectivity index (χ0n) is 17.9. The lowest BCUT2D eigenvalue weighted by Gasteiger charge is -2.35. The molecule has 0 aliphatic carbocycles. The van der Waals surface area contributed by atoms with E-state index in [1.165, 1.54) is 11.1 Å². The van der Waals surface area contributed by atoms with Crippen molar-refractivity contribution >= 4 is 11.7 Å². The second-order valence-electron chi connectivity index (χ2n) is 8.76. The largest absolute Gasteiger partial charge is 0.352 e. The van der Waals surface area contributed by atoms with Gasteiger partial charge in [-0.15, -0.1) is 0 Å². The van der Waals surface area contributed by atoms with E-state index in [2.05, 4.69) is 42.2 Å². The van der Waals surface area contributed by atoms with Crippen LogP contribution in [0, 0.1) is 12.8 Å². The van der Waals surface area contributed by atoms with Gasteiger partial charge < -0.3 is 9.80 Å². The highest BCUT2D eigenvalue weighted by atomic mass is 16.2. The highest BCUT2D eigenvalue weighted by Gasteiger charge is 2.30. The first kappa shape index (κ1) is 19.9. The summed E-state index contributed by atoms with van der Waals surface area (Å²) in [4.78, 5) is 26.9. The van der Waals surface area contributed by atoms with Gasteiger partial charge in [-0.05, 0) is 38.2 Å². The van der Waals surface area contributed by atoms with E-state index in [0.717, 1.165) is 69.2 Å². The molecule has 0 saturated carbocycles. The summed E-state index contributed by atoms with van der Waals surface area (Å²) in [5.41, 5.74) is 3.71. The van der Waals surface area contributed by atoms with Gasteiger partial charge >= 0.3 is 0 Å². The fraction of sp³-hybridized carbons (Fsp3) is 0.542. The quantitative estimate of drug-likeness (QED) is 0.786. The van der Waals surface area contributed by atoms with Crippen molar-refractivity contribution in [1.29, 1.82) is 0 Å². The zero-order chi connectivity index (χ0) is 20.4. The van der Waals surface area contributed by atoms with Gasteiger partial charge in [0.15, 0.2) is 0 Å². The van der Waals surface area contributed by atoms with Crippen LogP contribution in [0.3, 0.4) is 0 Å².